The first-order valence-electron chi connectivity index (χ1n) is 20.0. The van der Waals surface area contributed by atoms with Crippen LogP contribution in [-0.2, 0) is 14.3 Å². The molecule has 4 nitrogen and oxygen atoms in total. The molecule has 0 aliphatic heterocycles. The Morgan fingerprint density at radius 1 is 0.750 bits per heavy atom. The van der Waals surface area contributed by atoms with Crippen molar-refractivity contribution in [3.05, 3.63) is 41.5 Å². The van der Waals surface area contributed by atoms with Gasteiger partial charge in [0.05, 0.1) is 12.1 Å². The zero-order valence-electron chi connectivity index (χ0n) is 32.9. The maximum Gasteiger partial charge on any atom is 0.328 e. The van der Waals surface area contributed by atoms with Crippen molar-refractivity contribution < 1.29 is 14.3 Å². The first kappa shape index (κ1) is 42.1. The summed E-state index contributed by atoms with van der Waals surface area (Å²) in [5.74, 6) is 0.358. The molecule has 1 aliphatic carbocycles. The van der Waals surface area contributed by atoms with E-state index in [4.69, 9.17) is 4.74 Å². The molecule has 2 rings (SSSR count). The number of rotatable bonds is 25. The van der Waals surface area contributed by atoms with Gasteiger partial charge in [-0.3, -0.25) is 0 Å². The lowest BCUT2D eigenvalue weighted by Crippen LogP contribution is -2.69. The highest BCUT2D eigenvalue weighted by Crippen LogP contribution is 2.62. The zero-order valence-corrected chi connectivity index (χ0v) is 32.9. The number of para-hydroxylation sites is 1. The second-order valence-corrected chi connectivity index (χ2v) is 16.2. The summed E-state index contributed by atoms with van der Waals surface area (Å²) in [5.41, 5.74) is 3.46. The van der Waals surface area contributed by atoms with E-state index < -0.39 is 0 Å². The van der Waals surface area contributed by atoms with Crippen LogP contribution in [0.25, 0.3) is 0 Å². The number of carbonyl (C=O) groups excluding carboxylic acids is 2. The largest absolute Gasteiger partial charge is 0.464 e. The van der Waals surface area contributed by atoms with Gasteiger partial charge in [0.25, 0.3) is 0 Å². The van der Waals surface area contributed by atoms with Crippen LogP contribution in [0.5, 0.6) is 0 Å². The molecule has 1 aromatic carbocycles. The van der Waals surface area contributed by atoms with E-state index in [1.54, 1.807) is 0 Å². The van der Waals surface area contributed by atoms with Crippen molar-refractivity contribution in [2.24, 2.45) is 16.7 Å². The van der Waals surface area contributed by atoms with Gasteiger partial charge in [0.15, 0.2) is 0 Å². The van der Waals surface area contributed by atoms with Crippen molar-refractivity contribution in [1.82, 2.24) is 0 Å². The van der Waals surface area contributed by atoms with Gasteiger partial charge in [0.2, 0.25) is 0 Å². The standard InChI is InChI=1S/C44H75NO3/c1-10-48-41(47)40(34-30-25-23-21-19-17-15-13-11-12-14-16-18-20-22-24-26-31-35-46)45(39-32-28-27-29-33-39)44(9)38(4)36(2)37(3)42(5,6)43(44,7)8/h27-29,32-33,35,37,40H,10-26,30-31,34H2,1-9H3. The second-order valence-electron chi connectivity index (χ2n) is 16.2. The summed E-state index contributed by atoms with van der Waals surface area (Å²) in [6.07, 6.45) is 24.5. The number of hydrogen-bond acceptors (Lipinski definition) is 4. The topological polar surface area (TPSA) is 46.6 Å². The summed E-state index contributed by atoms with van der Waals surface area (Å²) in [6, 6.07) is 10.3. The van der Waals surface area contributed by atoms with Crippen molar-refractivity contribution in [2.45, 2.75) is 196 Å². The van der Waals surface area contributed by atoms with Crippen molar-refractivity contribution in [3.63, 3.8) is 0 Å². The maximum absolute atomic E-state index is 13.9. The van der Waals surface area contributed by atoms with Gasteiger partial charge in [-0.25, -0.2) is 4.79 Å². The molecule has 0 spiro atoms. The van der Waals surface area contributed by atoms with Gasteiger partial charge < -0.3 is 14.4 Å². The Bertz CT molecular complexity index is 1090. The van der Waals surface area contributed by atoms with Gasteiger partial charge in [0, 0.05) is 12.1 Å². The van der Waals surface area contributed by atoms with Crippen molar-refractivity contribution in [3.8, 4) is 0 Å². The van der Waals surface area contributed by atoms with Crippen molar-refractivity contribution >= 4 is 17.9 Å². The van der Waals surface area contributed by atoms with E-state index in [0.717, 1.165) is 44.1 Å². The smallest absolute Gasteiger partial charge is 0.328 e. The molecule has 3 unspecified atom stereocenters. The molecule has 0 saturated carbocycles. The SMILES string of the molecule is CCOC(=O)C(CCCCCCCCCCCCCCCCCCCC=O)N(c1ccccc1)C1(C)C(C)=C(C)C(C)C(C)(C)C1(C)C. The third-order valence-corrected chi connectivity index (χ3v) is 13.1. The van der Waals surface area contributed by atoms with E-state index in [-0.39, 0.29) is 28.4 Å². The van der Waals surface area contributed by atoms with Gasteiger partial charge in [-0.1, -0.05) is 161 Å². The molecule has 0 heterocycles. The number of aldehydes is 1. The highest BCUT2D eigenvalue weighted by Gasteiger charge is 2.61. The lowest BCUT2D eigenvalue weighted by atomic mass is 9.46. The highest BCUT2D eigenvalue weighted by molar-refractivity contribution is 5.81. The van der Waals surface area contributed by atoms with Crippen molar-refractivity contribution in [2.75, 3.05) is 11.5 Å². The molecule has 3 atom stereocenters. The van der Waals surface area contributed by atoms with Crippen LogP contribution in [-0.4, -0.2) is 30.4 Å². The van der Waals surface area contributed by atoms with Gasteiger partial charge in [-0.15, -0.1) is 0 Å². The average molecular weight is 666 g/mol. The summed E-state index contributed by atoms with van der Waals surface area (Å²) < 4.78 is 5.83. The Labute approximate surface area is 297 Å². The van der Waals surface area contributed by atoms with E-state index in [1.807, 2.05) is 6.92 Å². The molecule has 0 aromatic heterocycles. The average Bonchev–Trinajstić information content (AvgIpc) is 3.07. The minimum atomic E-state index is -0.371. The number of allylic oxidation sites excluding steroid dienone is 1. The second kappa shape index (κ2) is 21.2. The minimum Gasteiger partial charge on any atom is -0.464 e. The number of benzene rings is 1. The fourth-order valence-corrected chi connectivity index (χ4v) is 8.52. The Morgan fingerprint density at radius 2 is 1.19 bits per heavy atom. The van der Waals surface area contributed by atoms with Crippen molar-refractivity contribution in [1.29, 1.82) is 0 Å². The maximum atomic E-state index is 13.9. The molecule has 0 fully saturated rings. The summed E-state index contributed by atoms with van der Waals surface area (Å²) in [5, 5.41) is 0. The fourth-order valence-electron chi connectivity index (χ4n) is 8.52. The number of ether oxygens (including phenoxy) is 1. The van der Waals surface area contributed by atoms with Crippen LogP contribution in [0.15, 0.2) is 41.5 Å². The fraction of sp³-hybridized carbons (Fsp3) is 0.773. The summed E-state index contributed by atoms with van der Waals surface area (Å²) in [4.78, 5) is 26.7. The van der Waals surface area contributed by atoms with E-state index in [2.05, 4.69) is 90.6 Å². The zero-order chi connectivity index (χ0) is 35.6. The van der Waals surface area contributed by atoms with Gasteiger partial charge in [-0.05, 0) is 75.0 Å². The van der Waals surface area contributed by atoms with Crippen LogP contribution in [0.3, 0.4) is 0 Å². The Hall–Kier alpha value is -2.10. The van der Waals surface area contributed by atoms with Crippen LogP contribution in [0.2, 0.25) is 0 Å². The summed E-state index contributed by atoms with van der Waals surface area (Å²) in [6.45, 7) is 21.4. The Balaban J connectivity index is 1.91. The van der Waals surface area contributed by atoms with Crippen LogP contribution < -0.4 is 4.90 Å². The van der Waals surface area contributed by atoms with Gasteiger partial charge in [0.1, 0.15) is 12.3 Å². The molecule has 0 saturated heterocycles. The van der Waals surface area contributed by atoms with Crippen LogP contribution >= 0.6 is 0 Å². The molecular weight excluding hydrogens is 590 g/mol. The van der Waals surface area contributed by atoms with Crippen LogP contribution in [0.1, 0.15) is 184 Å². The van der Waals surface area contributed by atoms with E-state index in [1.165, 1.54) is 101 Å². The number of esters is 1. The van der Waals surface area contributed by atoms with Gasteiger partial charge >= 0.3 is 5.97 Å². The summed E-state index contributed by atoms with van der Waals surface area (Å²) >= 11 is 0. The molecule has 274 valence electrons. The minimum absolute atomic E-state index is 0.0244. The van der Waals surface area contributed by atoms with Gasteiger partial charge in [-0.2, -0.15) is 0 Å². The first-order chi connectivity index (χ1) is 22.9. The molecule has 1 aliphatic rings. The van der Waals surface area contributed by atoms with E-state index >= 15 is 0 Å². The normalized spacial score (nSPS) is 20.8. The molecule has 1 aromatic rings. The quantitative estimate of drug-likeness (QED) is 0.0451. The molecule has 0 bridgehead atoms. The molecule has 0 amide bonds. The van der Waals surface area contributed by atoms with E-state index in [9.17, 15) is 9.59 Å². The third kappa shape index (κ3) is 10.9. The lowest BCUT2D eigenvalue weighted by molar-refractivity contribution is -0.146. The predicted molar refractivity (Wildman–Crippen MR) is 207 cm³/mol. The lowest BCUT2D eigenvalue weighted by Gasteiger charge is -2.65. The Morgan fingerprint density at radius 3 is 1.62 bits per heavy atom. The molecule has 4 heteroatoms. The molecule has 48 heavy (non-hydrogen) atoms. The monoisotopic (exact) mass is 666 g/mol. The molecule has 0 N–H and O–H groups in total. The Kier molecular flexibility index (Phi) is 18.6. The number of carbonyl (C=O) groups is 2. The third-order valence-electron chi connectivity index (χ3n) is 13.1. The van der Waals surface area contributed by atoms with Crippen LogP contribution in [0, 0.1) is 16.7 Å². The number of unbranched alkanes of at least 4 members (excludes halogenated alkanes) is 17. The number of anilines is 1. The predicted octanol–water partition coefficient (Wildman–Crippen LogP) is 12.8. The molecular formula is C44H75NO3. The molecule has 0 radical (unpaired) electrons. The number of hydrogen-bond donors (Lipinski definition) is 0. The van der Waals surface area contributed by atoms with E-state index in [0.29, 0.717) is 12.5 Å². The first-order valence-corrected chi connectivity index (χ1v) is 20.0. The van der Waals surface area contributed by atoms with Crippen LogP contribution in [0.4, 0.5) is 5.69 Å². The highest BCUT2D eigenvalue weighted by atomic mass is 16.5. The summed E-state index contributed by atoms with van der Waals surface area (Å²) in [7, 11) is 0. The number of nitrogens with zero attached hydrogens (tertiary/aromatic N) is 1.